The van der Waals surface area contributed by atoms with Gasteiger partial charge >= 0.3 is 0 Å². The third kappa shape index (κ3) is 1.94. The molecule has 0 bridgehead atoms. The second-order valence-corrected chi connectivity index (χ2v) is 6.04. The summed E-state index contributed by atoms with van der Waals surface area (Å²) in [4.78, 5) is 24.3. The average molecular weight is 303 g/mol. The molecule has 106 valence electrons. The van der Waals surface area contributed by atoms with Crippen LogP contribution in [0.15, 0.2) is 41.3 Å². The number of carbonyl (C=O) groups is 2. The molecule has 1 aliphatic carbocycles. The summed E-state index contributed by atoms with van der Waals surface area (Å²) in [5, 5.41) is 0. The van der Waals surface area contributed by atoms with Crippen LogP contribution in [-0.2, 0) is 10.1 Å². The first kappa shape index (κ1) is 13.5. The largest absolute Gasteiger partial charge is 0.398 e. The van der Waals surface area contributed by atoms with Gasteiger partial charge in [0.2, 0.25) is 0 Å². The fourth-order valence-electron chi connectivity index (χ4n) is 2.38. The summed E-state index contributed by atoms with van der Waals surface area (Å²) < 4.78 is 31.5. The van der Waals surface area contributed by atoms with Gasteiger partial charge in [-0.2, -0.15) is 8.42 Å². The van der Waals surface area contributed by atoms with Crippen LogP contribution >= 0.6 is 0 Å². The van der Waals surface area contributed by atoms with E-state index in [1.54, 1.807) is 12.1 Å². The van der Waals surface area contributed by atoms with E-state index in [2.05, 4.69) is 0 Å². The minimum atomic E-state index is -4.52. The molecule has 3 N–H and O–H groups in total. The molecule has 2 aromatic rings. The first-order valence-electron chi connectivity index (χ1n) is 5.90. The van der Waals surface area contributed by atoms with Crippen LogP contribution in [0.2, 0.25) is 0 Å². The van der Waals surface area contributed by atoms with Crippen molar-refractivity contribution in [3.8, 4) is 0 Å². The quantitative estimate of drug-likeness (QED) is 0.517. The standard InChI is InChI=1S/C14H9NO5S/c15-11-6-7(21(18,19)20)5-10-12(11)14(17)9-4-2-1-3-8(9)13(10)16/h1-6H,15H2,(H,18,19,20). The van der Waals surface area contributed by atoms with E-state index >= 15 is 0 Å². The van der Waals surface area contributed by atoms with Crippen molar-refractivity contribution in [2.24, 2.45) is 0 Å². The molecule has 0 heterocycles. The highest BCUT2D eigenvalue weighted by molar-refractivity contribution is 7.85. The number of anilines is 1. The molecule has 0 spiro atoms. The lowest BCUT2D eigenvalue weighted by molar-refractivity contribution is 0.0979. The van der Waals surface area contributed by atoms with E-state index in [-0.39, 0.29) is 27.9 Å². The van der Waals surface area contributed by atoms with Crippen molar-refractivity contribution in [1.29, 1.82) is 0 Å². The number of benzene rings is 2. The van der Waals surface area contributed by atoms with Crippen molar-refractivity contribution in [2.75, 3.05) is 5.73 Å². The molecule has 0 fully saturated rings. The monoisotopic (exact) mass is 303 g/mol. The minimum Gasteiger partial charge on any atom is -0.398 e. The van der Waals surface area contributed by atoms with Crippen molar-refractivity contribution >= 4 is 27.4 Å². The number of hydrogen-bond acceptors (Lipinski definition) is 5. The number of rotatable bonds is 1. The molecule has 3 rings (SSSR count). The lowest BCUT2D eigenvalue weighted by atomic mass is 9.83. The Labute approximate surface area is 120 Å². The van der Waals surface area contributed by atoms with Crippen molar-refractivity contribution in [2.45, 2.75) is 4.90 Å². The molecule has 0 atom stereocenters. The molecule has 0 radical (unpaired) electrons. The maximum absolute atomic E-state index is 12.4. The lowest BCUT2D eigenvalue weighted by Gasteiger charge is -2.19. The van der Waals surface area contributed by atoms with Crippen molar-refractivity contribution in [3.05, 3.63) is 58.7 Å². The molecule has 6 nitrogen and oxygen atoms in total. The number of ketones is 2. The van der Waals surface area contributed by atoms with Gasteiger partial charge in [0.1, 0.15) is 0 Å². The Kier molecular flexibility index (Phi) is 2.72. The summed E-state index contributed by atoms with van der Waals surface area (Å²) in [6.07, 6.45) is 0. The lowest BCUT2D eigenvalue weighted by Crippen LogP contribution is -2.23. The van der Waals surface area contributed by atoms with Gasteiger partial charge in [-0.25, -0.2) is 0 Å². The van der Waals surface area contributed by atoms with Crippen molar-refractivity contribution in [1.82, 2.24) is 0 Å². The van der Waals surface area contributed by atoms with Crippen molar-refractivity contribution in [3.63, 3.8) is 0 Å². The van der Waals surface area contributed by atoms with E-state index in [0.29, 0.717) is 0 Å². The van der Waals surface area contributed by atoms with E-state index in [9.17, 15) is 18.0 Å². The second-order valence-electron chi connectivity index (χ2n) is 4.61. The predicted octanol–water partition coefficient (Wildman–Crippen LogP) is 1.29. The smallest absolute Gasteiger partial charge is 0.294 e. The van der Waals surface area contributed by atoms with Crippen LogP contribution in [0.1, 0.15) is 31.8 Å². The zero-order chi connectivity index (χ0) is 15.4. The molecule has 0 aliphatic heterocycles. The van der Waals surface area contributed by atoms with Crippen LogP contribution in [-0.4, -0.2) is 24.5 Å². The van der Waals surface area contributed by atoms with Crippen LogP contribution in [0.4, 0.5) is 5.69 Å². The highest BCUT2D eigenvalue weighted by Crippen LogP contribution is 2.32. The zero-order valence-electron chi connectivity index (χ0n) is 10.5. The SMILES string of the molecule is Nc1cc(S(=O)(=O)O)cc2c1C(=O)c1ccccc1C2=O. The van der Waals surface area contributed by atoms with Gasteiger partial charge in [0.15, 0.2) is 11.6 Å². The Balaban J connectivity index is 2.36. The number of carbonyl (C=O) groups excluding carboxylic acids is 2. The van der Waals surface area contributed by atoms with Crippen LogP contribution in [0.3, 0.4) is 0 Å². The highest BCUT2D eigenvalue weighted by Gasteiger charge is 2.32. The number of hydrogen-bond donors (Lipinski definition) is 2. The zero-order valence-corrected chi connectivity index (χ0v) is 11.3. The van der Waals surface area contributed by atoms with Gasteiger partial charge in [0.05, 0.1) is 10.5 Å². The molecular formula is C14H9NO5S. The Hall–Kier alpha value is -2.51. The van der Waals surface area contributed by atoms with Gasteiger partial charge in [-0.15, -0.1) is 0 Å². The summed E-state index contributed by atoms with van der Waals surface area (Å²) in [6, 6.07) is 8.15. The first-order chi connectivity index (χ1) is 9.80. The third-order valence-electron chi connectivity index (χ3n) is 3.33. The Bertz CT molecular complexity index is 915. The van der Waals surface area contributed by atoms with E-state index in [0.717, 1.165) is 12.1 Å². The van der Waals surface area contributed by atoms with E-state index < -0.39 is 26.6 Å². The van der Waals surface area contributed by atoms with Gasteiger partial charge in [-0.1, -0.05) is 24.3 Å². The Morgan fingerprint density at radius 3 is 2.05 bits per heavy atom. The summed E-state index contributed by atoms with van der Waals surface area (Å²) in [5.41, 5.74) is 5.79. The summed E-state index contributed by atoms with van der Waals surface area (Å²) in [6.45, 7) is 0. The Morgan fingerprint density at radius 2 is 1.48 bits per heavy atom. The predicted molar refractivity (Wildman–Crippen MR) is 74.0 cm³/mol. The Morgan fingerprint density at radius 1 is 0.905 bits per heavy atom. The molecule has 1 aliphatic rings. The molecule has 0 aromatic heterocycles. The maximum atomic E-state index is 12.4. The highest BCUT2D eigenvalue weighted by atomic mass is 32.2. The molecular weight excluding hydrogens is 294 g/mol. The normalized spacial score (nSPS) is 13.8. The maximum Gasteiger partial charge on any atom is 0.294 e. The molecule has 0 saturated heterocycles. The van der Waals surface area contributed by atoms with Gasteiger partial charge in [-0.3, -0.25) is 14.1 Å². The van der Waals surface area contributed by atoms with Gasteiger partial charge in [0.25, 0.3) is 10.1 Å². The molecule has 21 heavy (non-hydrogen) atoms. The minimum absolute atomic E-state index is 0.0360. The second kappa shape index (κ2) is 4.24. The first-order valence-corrected chi connectivity index (χ1v) is 7.34. The van der Waals surface area contributed by atoms with Crippen LogP contribution in [0.25, 0.3) is 0 Å². The summed E-state index contributed by atoms with van der Waals surface area (Å²) in [7, 11) is -4.52. The number of nitrogen functional groups attached to an aromatic ring is 1. The fourth-order valence-corrected chi connectivity index (χ4v) is 2.92. The van der Waals surface area contributed by atoms with Crippen LogP contribution < -0.4 is 5.73 Å². The van der Waals surface area contributed by atoms with E-state index in [1.807, 2.05) is 0 Å². The van der Waals surface area contributed by atoms with Crippen molar-refractivity contribution < 1.29 is 22.6 Å². The van der Waals surface area contributed by atoms with Gasteiger partial charge < -0.3 is 5.73 Å². The van der Waals surface area contributed by atoms with Gasteiger partial charge in [-0.05, 0) is 12.1 Å². The molecule has 7 heteroatoms. The average Bonchev–Trinajstić information content (AvgIpc) is 2.43. The molecule has 0 unspecified atom stereocenters. The number of nitrogens with two attached hydrogens (primary N) is 1. The van der Waals surface area contributed by atoms with Crippen LogP contribution in [0.5, 0.6) is 0 Å². The summed E-state index contributed by atoms with van der Waals surface area (Å²) >= 11 is 0. The fraction of sp³-hybridized carbons (Fsp3) is 0. The van der Waals surface area contributed by atoms with E-state index in [1.165, 1.54) is 12.1 Å². The number of fused-ring (bicyclic) bond motifs is 2. The molecule has 0 amide bonds. The topological polar surface area (TPSA) is 115 Å². The molecule has 0 saturated carbocycles. The summed E-state index contributed by atoms with van der Waals surface area (Å²) in [5.74, 6) is -0.947. The van der Waals surface area contributed by atoms with Gasteiger partial charge in [0, 0.05) is 22.4 Å². The van der Waals surface area contributed by atoms with E-state index in [4.69, 9.17) is 10.3 Å². The van der Waals surface area contributed by atoms with Crippen LogP contribution in [0, 0.1) is 0 Å². The third-order valence-corrected chi connectivity index (χ3v) is 4.16. The molecule has 2 aromatic carbocycles.